The summed E-state index contributed by atoms with van der Waals surface area (Å²) in [6, 6.07) is 8.31. The van der Waals surface area contributed by atoms with Crippen molar-refractivity contribution in [2.24, 2.45) is 0 Å². The number of carbonyl (C=O) groups excluding carboxylic acids is 2. The molecule has 114 valence electrons. The van der Waals surface area contributed by atoms with Crippen molar-refractivity contribution in [2.45, 2.75) is 18.9 Å². The van der Waals surface area contributed by atoms with Crippen LogP contribution in [0.15, 0.2) is 49.2 Å². The lowest BCUT2D eigenvalue weighted by Gasteiger charge is -2.16. The molecule has 22 heavy (non-hydrogen) atoms. The van der Waals surface area contributed by atoms with Gasteiger partial charge in [-0.1, -0.05) is 24.3 Å². The molecule has 0 spiro atoms. The number of methoxy groups -OCH3 is 1. The fourth-order valence-electron chi connectivity index (χ4n) is 2.21. The van der Waals surface area contributed by atoms with Gasteiger partial charge in [-0.15, -0.1) is 6.58 Å². The van der Waals surface area contributed by atoms with E-state index in [1.807, 2.05) is 24.3 Å². The Bertz CT molecular complexity index is 692. The van der Waals surface area contributed by atoms with Crippen molar-refractivity contribution in [3.8, 4) is 0 Å². The lowest BCUT2D eigenvalue weighted by atomic mass is 10.1. The van der Waals surface area contributed by atoms with Gasteiger partial charge in [-0.2, -0.15) is 0 Å². The summed E-state index contributed by atoms with van der Waals surface area (Å²) in [6.07, 6.45) is 4.33. The highest BCUT2D eigenvalue weighted by molar-refractivity contribution is 6.07. The Morgan fingerprint density at radius 3 is 2.86 bits per heavy atom. The van der Waals surface area contributed by atoms with E-state index in [9.17, 15) is 9.59 Å². The zero-order valence-electron chi connectivity index (χ0n) is 12.4. The van der Waals surface area contributed by atoms with Crippen molar-refractivity contribution in [3.63, 3.8) is 0 Å². The van der Waals surface area contributed by atoms with Crippen molar-refractivity contribution in [2.75, 3.05) is 7.11 Å². The zero-order valence-corrected chi connectivity index (χ0v) is 12.4. The minimum Gasteiger partial charge on any atom is -0.467 e. The summed E-state index contributed by atoms with van der Waals surface area (Å²) in [6.45, 7) is 3.62. The Morgan fingerprint density at radius 2 is 2.14 bits per heavy atom. The highest BCUT2D eigenvalue weighted by atomic mass is 16.5. The van der Waals surface area contributed by atoms with Crippen molar-refractivity contribution < 1.29 is 14.3 Å². The van der Waals surface area contributed by atoms with Crippen molar-refractivity contribution in [1.82, 2.24) is 10.3 Å². The molecule has 1 aromatic heterocycles. The molecule has 5 heteroatoms. The molecule has 2 rings (SSSR count). The number of fused-ring (bicyclic) bond motifs is 1. The second-order valence-corrected chi connectivity index (χ2v) is 4.79. The SMILES string of the molecule is C=CCC[C@@H](NC(=O)c1ccnc2ccccc12)C(=O)OC. The molecule has 1 heterocycles. The third kappa shape index (κ3) is 3.49. The van der Waals surface area contributed by atoms with Gasteiger partial charge in [0.15, 0.2) is 0 Å². The molecular formula is C17H18N2O3. The Balaban J connectivity index is 2.25. The molecule has 5 nitrogen and oxygen atoms in total. The number of rotatable bonds is 6. The first kappa shape index (κ1) is 15.7. The first-order valence-corrected chi connectivity index (χ1v) is 7.00. The van der Waals surface area contributed by atoms with E-state index in [0.29, 0.717) is 18.4 Å². The zero-order chi connectivity index (χ0) is 15.9. The van der Waals surface area contributed by atoms with Gasteiger partial charge in [-0.05, 0) is 25.0 Å². The first-order chi connectivity index (χ1) is 10.7. The van der Waals surface area contributed by atoms with E-state index in [4.69, 9.17) is 4.74 Å². The summed E-state index contributed by atoms with van der Waals surface area (Å²) in [5.74, 6) is -0.786. The topological polar surface area (TPSA) is 68.3 Å². The largest absolute Gasteiger partial charge is 0.467 e. The maximum Gasteiger partial charge on any atom is 0.328 e. The number of benzene rings is 1. The smallest absolute Gasteiger partial charge is 0.328 e. The van der Waals surface area contributed by atoms with Crippen LogP contribution >= 0.6 is 0 Å². The number of esters is 1. The van der Waals surface area contributed by atoms with Crippen LogP contribution in [0, 0.1) is 0 Å². The van der Waals surface area contributed by atoms with E-state index in [1.165, 1.54) is 7.11 Å². The number of pyridine rings is 1. The molecule has 0 bridgehead atoms. The number of allylic oxidation sites excluding steroid dienone is 1. The van der Waals surface area contributed by atoms with E-state index in [0.717, 1.165) is 10.9 Å². The average Bonchev–Trinajstić information content (AvgIpc) is 2.57. The summed E-state index contributed by atoms with van der Waals surface area (Å²) < 4.78 is 4.73. The Hall–Kier alpha value is -2.69. The van der Waals surface area contributed by atoms with Crippen LogP contribution in [0.4, 0.5) is 0 Å². The number of para-hydroxylation sites is 1. The standard InChI is InChI=1S/C17H18N2O3/c1-3-4-8-15(17(21)22-2)19-16(20)13-10-11-18-14-9-6-5-7-12(13)14/h3,5-7,9-11,15H,1,4,8H2,2H3,(H,19,20)/t15-/m1/s1. The normalized spacial score (nSPS) is 11.7. The maximum absolute atomic E-state index is 12.5. The molecule has 0 aliphatic rings. The van der Waals surface area contributed by atoms with Crippen LogP contribution < -0.4 is 5.32 Å². The van der Waals surface area contributed by atoms with Gasteiger partial charge in [-0.3, -0.25) is 9.78 Å². The quantitative estimate of drug-likeness (QED) is 0.657. The van der Waals surface area contributed by atoms with E-state index in [1.54, 1.807) is 18.3 Å². The predicted molar refractivity (Wildman–Crippen MR) is 84.4 cm³/mol. The van der Waals surface area contributed by atoms with Crippen LogP contribution in [0.1, 0.15) is 23.2 Å². The van der Waals surface area contributed by atoms with Crippen LogP contribution in [-0.2, 0) is 9.53 Å². The third-order valence-electron chi connectivity index (χ3n) is 3.34. The Kier molecular flexibility index (Phi) is 5.25. The van der Waals surface area contributed by atoms with Gasteiger partial charge in [0.1, 0.15) is 6.04 Å². The molecule has 0 unspecified atom stereocenters. The average molecular weight is 298 g/mol. The summed E-state index contributed by atoms with van der Waals surface area (Å²) in [7, 11) is 1.30. The van der Waals surface area contributed by atoms with Gasteiger partial charge in [0, 0.05) is 11.6 Å². The molecule has 0 saturated heterocycles. The molecule has 1 aromatic carbocycles. The molecule has 1 amide bonds. The number of ether oxygens (including phenoxy) is 1. The Labute approximate surface area is 129 Å². The highest BCUT2D eigenvalue weighted by Gasteiger charge is 2.22. The van der Waals surface area contributed by atoms with Gasteiger partial charge in [0.2, 0.25) is 0 Å². The number of amides is 1. The van der Waals surface area contributed by atoms with Gasteiger partial charge in [0.05, 0.1) is 18.2 Å². The van der Waals surface area contributed by atoms with Crippen molar-refractivity contribution in [3.05, 3.63) is 54.7 Å². The molecule has 1 atom stereocenters. The fraction of sp³-hybridized carbons (Fsp3) is 0.235. The van der Waals surface area contributed by atoms with Crippen LogP contribution in [0.25, 0.3) is 10.9 Å². The van der Waals surface area contributed by atoms with Gasteiger partial charge in [-0.25, -0.2) is 4.79 Å². The van der Waals surface area contributed by atoms with Gasteiger partial charge < -0.3 is 10.1 Å². The molecule has 0 fully saturated rings. The van der Waals surface area contributed by atoms with E-state index in [-0.39, 0.29) is 5.91 Å². The van der Waals surface area contributed by atoms with Crippen LogP contribution in [0.5, 0.6) is 0 Å². The monoisotopic (exact) mass is 298 g/mol. The molecule has 0 aliphatic carbocycles. The number of nitrogens with zero attached hydrogens (tertiary/aromatic N) is 1. The van der Waals surface area contributed by atoms with Crippen LogP contribution in [-0.4, -0.2) is 30.0 Å². The lowest BCUT2D eigenvalue weighted by Crippen LogP contribution is -2.41. The number of aromatic nitrogens is 1. The number of hydrogen-bond acceptors (Lipinski definition) is 4. The third-order valence-corrected chi connectivity index (χ3v) is 3.34. The Morgan fingerprint density at radius 1 is 1.36 bits per heavy atom. The molecular weight excluding hydrogens is 280 g/mol. The summed E-state index contributed by atoms with van der Waals surface area (Å²) in [5, 5.41) is 3.47. The number of nitrogens with one attached hydrogen (secondary N) is 1. The summed E-state index contributed by atoms with van der Waals surface area (Å²) in [5.41, 5.74) is 1.22. The van der Waals surface area contributed by atoms with Crippen LogP contribution in [0.2, 0.25) is 0 Å². The second kappa shape index (κ2) is 7.36. The molecule has 2 aromatic rings. The first-order valence-electron chi connectivity index (χ1n) is 7.00. The number of hydrogen-bond donors (Lipinski definition) is 1. The minimum atomic E-state index is -0.692. The maximum atomic E-state index is 12.5. The molecule has 0 aliphatic heterocycles. The van der Waals surface area contributed by atoms with Crippen molar-refractivity contribution >= 4 is 22.8 Å². The minimum absolute atomic E-state index is 0.321. The molecule has 1 N–H and O–H groups in total. The summed E-state index contributed by atoms with van der Waals surface area (Å²) >= 11 is 0. The second-order valence-electron chi connectivity index (χ2n) is 4.79. The molecule has 0 radical (unpaired) electrons. The van der Waals surface area contributed by atoms with Crippen LogP contribution in [0.3, 0.4) is 0 Å². The van der Waals surface area contributed by atoms with Gasteiger partial charge in [0.25, 0.3) is 5.91 Å². The van der Waals surface area contributed by atoms with E-state index in [2.05, 4.69) is 16.9 Å². The summed E-state index contributed by atoms with van der Waals surface area (Å²) in [4.78, 5) is 28.5. The van der Waals surface area contributed by atoms with E-state index < -0.39 is 12.0 Å². The number of carbonyl (C=O) groups is 2. The van der Waals surface area contributed by atoms with Crippen molar-refractivity contribution in [1.29, 1.82) is 0 Å². The highest BCUT2D eigenvalue weighted by Crippen LogP contribution is 2.16. The van der Waals surface area contributed by atoms with Gasteiger partial charge >= 0.3 is 5.97 Å². The van der Waals surface area contributed by atoms with E-state index >= 15 is 0 Å². The lowest BCUT2D eigenvalue weighted by molar-refractivity contribution is -0.143. The molecule has 0 saturated carbocycles. The predicted octanol–water partition coefficient (Wildman–Crippen LogP) is 2.47. The fourth-order valence-corrected chi connectivity index (χ4v) is 2.21.